The third-order valence-corrected chi connectivity index (χ3v) is 6.43. The highest BCUT2D eigenvalue weighted by atomic mass is 16.2. The van der Waals surface area contributed by atoms with Gasteiger partial charge in [0.15, 0.2) is 0 Å². The van der Waals surface area contributed by atoms with Gasteiger partial charge in [0.25, 0.3) is 0 Å². The third-order valence-electron chi connectivity index (χ3n) is 6.43. The van der Waals surface area contributed by atoms with Gasteiger partial charge in [-0.15, -0.1) is 0 Å². The summed E-state index contributed by atoms with van der Waals surface area (Å²) in [5, 5.41) is 0. The molecule has 0 saturated carbocycles. The van der Waals surface area contributed by atoms with Crippen LogP contribution in [0.15, 0.2) is 61.1 Å². The second-order valence-corrected chi connectivity index (χ2v) is 8.95. The lowest BCUT2D eigenvalue weighted by Crippen LogP contribution is -2.46. The van der Waals surface area contributed by atoms with Crippen molar-refractivity contribution >= 4 is 11.7 Å². The molecular weight excluding hydrogens is 398 g/mol. The molecule has 6 nitrogen and oxygen atoms in total. The highest BCUT2D eigenvalue weighted by Crippen LogP contribution is 2.25. The molecule has 1 aromatic heterocycles. The van der Waals surface area contributed by atoms with Gasteiger partial charge in [-0.25, -0.2) is 9.78 Å². The number of benzene rings is 2. The van der Waals surface area contributed by atoms with Crippen molar-refractivity contribution in [1.29, 1.82) is 0 Å². The summed E-state index contributed by atoms with van der Waals surface area (Å²) in [6.07, 6.45) is 5.45. The number of hydrogen-bond donors (Lipinski definition) is 0. The van der Waals surface area contributed by atoms with Crippen molar-refractivity contribution in [3.63, 3.8) is 0 Å². The van der Waals surface area contributed by atoms with E-state index in [1.54, 1.807) is 10.9 Å². The minimum atomic E-state index is -0.0214. The molecule has 0 atom stereocenters. The molecule has 0 radical (unpaired) electrons. The minimum absolute atomic E-state index is 0.0214. The Kier molecular flexibility index (Phi) is 6.61. The van der Waals surface area contributed by atoms with E-state index in [2.05, 4.69) is 70.2 Å². The molecule has 1 fully saturated rings. The van der Waals surface area contributed by atoms with Gasteiger partial charge >= 0.3 is 6.03 Å². The van der Waals surface area contributed by atoms with Crippen LogP contribution in [0.4, 0.5) is 10.5 Å². The molecule has 3 aromatic rings. The van der Waals surface area contributed by atoms with Crippen LogP contribution in [0, 0.1) is 6.92 Å². The zero-order valence-electron chi connectivity index (χ0n) is 19.5. The number of anilines is 1. The number of nitrogens with zero attached hydrogens (tertiary/aromatic N) is 5. The summed E-state index contributed by atoms with van der Waals surface area (Å²) < 4.78 is 1.61. The van der Waals surface area contributed by atoms with E-state index in [0.29, 0.717) is 0 Å². The Balaban J connectivity index is 1.37. The van der Waals surface area contributed by atoms with E-state index >= 15 is 0 Å². The van der Waals surface area contributed by atoms with Crippen LogP contribution in [0.5, 0.6) is 0 Å². The van der Waals surface area contributed by atoms with Crippen molar-refractivity contribution in [3.8, 4) is 11.3 Å². The van der Waals surface area contributed by atoms with E-state index in [9.17, 15) is 4.79 Å². The average molecular weight is 432 g/mol. The van der Waals surface area contributed by atoms with Gasteiger partial charge in [0.2, 0.25) is 0 Å². The SMILES string of the molecule is Cc1cc(-c2cn(C(=O)N(C)C3CCN(Cc4ccccc4)CC3)cn2)ccc1N(C)C. The highest BCUT2D eigenvalue weighted by molar-refractivity contribution is 5.78. The molecule has 1 saturated heterocycles. The number of carbonyl (C=O) groups is 1. The fourth-order valence-corrected chi connectivity index (χ4v) is 4.54. The summed E-state index contributed by atoms with van der Waals surface area (Å²) in [7, 11) is 5.99. The molecule has 1 aliphatic rings. The third kappa shape index (κ3) is 4.86. The van der Waals surface area contributed by atoms with E-state index in [1.807, 2.05) is 32.2 Å². The maximum atomic E-state index is 13.1. The Labute approximate surface area is 191 Å². The van der Waals surface area contributed by atoms with Crippen molar-refractivity contribution in [2.45, 2.75) is 32.4 Å². The summed E-state index contributed by atoms with van der Waals surface area (Å²) in [5.41, 5.74) is 5.56. The summed E-state index contributed by atoms with van der Waals surface area (Å²) in [6.45, 7) is 5.08. The minimum Gasteiger partial charge on any atom is -0.377 e. The van der Waals surface area contributed by atoms with E-state index < -0.39 is 0 Å². The molecule has 4 rings (SSSR count). The van der Waals surface area contributed by atoms with E-state index in [-0.39, 0.29) is 12.1 Å². The van der Waals surface area contributed by atoms with Crippen LogP contribution in [0.25, 0.3) is 11.3 Å². The highest BCUT2D eigenvalue weighted by Gasteiger charge is 2.26. The molecule has 2 heterocycles. The van der Waals surface area contributed by atoms with Crippen molar-refractivity contribution < 1.29 is 4.79 Å². The molecule has 0 spiro atoms. The van der Waals surface area contributed by atoms with Gasteiger partial charge in [-0.05, 0) is 43.0 Å². The second kappa shape index (κ2) is 9.57. The normalized spacial score (nSPS) is 15.0. The molecule has 32 heavy (non-hydrogen) atoms. The zero-order chi connectivity index (χ0) is 22.7. The number of carbonyl (C=O) groups excluding carboxylic acids is 1. The molecule has 2 aromatic carbocycles. The predicted molar refractivity (Wildman–Crippen MR) is 130 cm³/mol. The van der Waals surface area contributed by atoms with Crippen LogP contribution in [-0.2, 0) is 6.54 Å². The molecule has 1 aliphatic heterocycles. The molecule has 6 heteroatoms. The Hall–Kier alpha value is -3.12. The van der Waals surface area contributed by atoms with E-state index in [4.69, 9.17) is 0 Å². The number of imidazole rings is 1. The molecule has 0 aliphatic carbocycles. The lowest BCUT2D eigenvalue weighted by molar-refractivity contribution is 0.132. The largest absolute Gasteiger partial charge is 0.377 e. The van der Waals surface area contributed by atoms with Crippen LogP contribution in [0.2, 0.25) is 0 Å². The first-order valence-corrected chi connectivity index (χ1v) is 11.3. The molecular formula is C26H33N5O. The van der Waals surface area contributed by atoms with Crippen LogP contribution < -0.4 is 4.90 Å². The maximum Gasteiger partial charge on any atom is 0.329 e. The van der Waals surface area contributed by atoms with Crippen molar-refractivity contribution in [1.82, 2.24) is 19.4 Å². The fraction of sp³-hybridized carbons (Fsp3) is 0.385. The number of aromatic nitrogens is 2. The van der Waals surface area contributed by atoms with Gasteiger partial charge < -0.3 is 9.80 Å². The van der Waals surface area contributed by atoms with Gasteiger partial charge in [0, 0.05) is 64.3 Å². The molecule has 168 valence electrons. The number of rotatable bonds is 5. The van der Waals surface area contributed by atoms with Gasteiger partial charge in [-0.2, -0.15) is 0 Å². The van der Waals surface area contributed by atoms with Crippen LogP contribution in [0.1, 0.15) is 24.0 Å². The van der Waals surface area contributed by atoms with Crippen molar-refractivity contribution in [2.75, 3.05) is 39.1 Å². The van der Waals surface area contributed by atoms with Crippen molar-refractivity contribution in [2.24, 2.45) is 0 Å². The summed E-state index contributed by atoms with van der Waals surface area (Å²) in [6, 6.07) is 17.1. The Morgan fingerprint density at radius 1 is 1.06 bits per heavy atom. The molecule has 0 unspecified atom stereocenters. The van der Waals surface area contributed by atoms with Crippen LogP contribution in [0.3, 0.4) is 0 Å². The quantitative estimate of drug-likeness (QED) is 0.597. The number of likely N-dealkylation sites (tertiary alicyclic amines) is 1. The Morgan fingerprint density at radius 2 is 1.78 bits per heavy atom. The standard InChI is InChI=1S/C26H33N5O/c1-20-16-22(10-11-25(20)28(2)3)24-18-31(19-27-24)26(32)29(4)23-12-14-30(15-13-23)17-21-8-6-5-7-9-21/h5-11,16,18-19,23H,12-15,17H2,1-4H3. The molecule has 0 bridgehead atoms. The van der Waals surface area contributed by atoms with Gasteiger partial charge in [0.1, 0.15) is 6.33 Å². The predicted octanol–water partition coefficient (Wildman–Crippen LogP) is 4.49. The topological polar surface area (TPSA) is 44.6 Å². The smallest absolute Gasteiger partial charge is 0.329 e. The monoisotopic (exact) mass is 431 g/mol. The average Bonchev–Trinajstić information content (AvgIpc) is 3.29. The van der Waals surface area contributed by atoms with Crippen LogP contribution >= 0.6 is 0 Å². The van der Waals surface area contributed by atoms with Crippen LogP contribution in [-0.4, -0.2) is 65.7 Å². The Morgan fingerprint density at radius 3 is 2.44 bits per heavy atom. The number of hydrogen-bond acceptors (Lipinski definition) is 4. The lowest BCUT2D eigenvalue weighted by Gasteiger charge is -2.36. The first-order chi connectivity index (χ1) is 15.4. The maximum absolute atomic E-state index is 13.1. The first kappa shape index (κ1) is 22.1. The second-order valence-electron chi connectivity index (χ2n) is 8.95. The molecule has 1 amide bonds. The summed E-state index contributed by atoms with van der Waals surface area (Å²) >= 11 is 0. The first-order valence-electron chi connectivity index (χ1n) is 11.3. The van der Waals surface area contributed by atoms with E-state index in [1.165, 1.54) is 16.8 Å². The van der Waals surface area contributed by atoms with Gasteiger partial charge in [0.05, 0.1) is 5.69 Å². The summed E-state index contributed by atoms with van der Waals surface area (Å²) in [4.78, 5) is 24.1. The number of piperidine rings is 1. The molecule has 0 N–H and O–H groups in total. The summed E-state index contributed by atoms with van der Waals surface area (Å²) in [5.74, 6) is 0. The van der Waals surface area contributed by atoms with Crippen molar-refractivity contribution in [3.05, 3.63) is 72.2 Å². The number of aryl methyl sites for hydroxylation is 1. The van der Waals surface area contributed by atoms with Gasteiger partial charge in [-0.3, -0.25) is 9.47 Å². The Bertz CT molecular complexity index is 1050. The lowest BCUT2D eigenvalue weighted by atomic mass is 10.0. The van der Waals surface area contributed by atoms with Gasteiger partial charge in [-0.1, -0.05) is 36.4 Å². The van der Waals surface area contributed by atoms with E-state index in [0.717, 1.165) is 43.7 Å². The fourth-order valence-electron chi connectivity index (χ4n) is 4.54. The number of amides is 1. The zero-order valence-corrected chi connectivity index (χ0v) is 19.5.